The van der Waals surface area contributed by atoms with E-state index in [4.69, 9.17) is 0 Å². The fourth-order valence-corrected chi connectivity index (χ4v) is 2.67. The molecule has 1 fully saturated rings. The molecule has 110 valence electrons. The Morgan fingerprint density at radius 2 is 2.05 bits per heavy atom. The first kappa shape index (κ1) is 14.8. The average Bonchev–Trinajstić information content (AvgIpc) is 2.44. The van der Waals surface area contributed by atoms with Gasteiger partial charge in [0.1, 0.15) is 5.82 Å². The molecule has 5 nitrogen and oxygen atoms in total. The molecule has 1 aliphatic rings. The van der Waals surface area contributed by atoms with Crippen molar-refractivity contribution in [2.24, 2.45) is 11.8 Å². The van der Waals surface area contributed by atoms with Crippen molar-refractivity contribution >= 4 is 11.7 Å². The number of amides is 1. The van der Waals surface area contributed by atoms with Gasteiger partial charge in [-0.2, -0.15) is 0 Å². The van der Waals surface area contributed by atoms with E-state index in [0.717, 1.165) is 17.7 Å². The highest BCUT2D eigenvalue weighted by atomic mass is 16.1. The van der Waals surface area contributed by atoms with Gasteiger partial charge in [-0.3, -0.25) is 4.79 Å². The largest absolute Gasteiger partial charge is 0.366 e. The monoisotopic (exact) mass is 276 g/mol. The molecule has 2 N–H and O–H groups in total. The lowest BCUT2D eigenvalue weighted by Gasteiger charge is -2.32. The molecule has 1 aromatic rings. The molecule has 1 heterocycles. The maximum absolute atomic E-state index is 11.6. The second-order valence-corrected chi connectivity index (χ2v) is 5.77. The van der Waals surface area contributed by atoms with Crippen molar-refractivity contribution in [1.29, 1.82) is 0 Å². The first-order chi connectivity index (χ1) is 9.60. The van der Waals surface area contributed by atoms with Crippen LogP contribution in [0.2, 0.25) is 0 Å². The smallest absolute Gasteiger partial charge is 0.271 e. The average molecular weight is 276 g/mol. The Labute approximate surface area is 120 Å². The lowest BCUT2D eigenvalue weighted by molar-refractivity contribution is 0.0950. The summed E-state index contributed by atoms with van der Waals surface area (Å²) in [5.41, 5.74) is 0.364. The van der Waals surface area contributed by atoms with E-state index in [2.05, 4.69) is 34.7 Å². The van der Waals surface area contributed by atoms with Gasteiger partial charge in [0, 0.05) is 12.6 Å². The maximum Gasteiger partial charge on any atom is 0.271 e. The summed E-state index contributed by atoms with van der Waals surface area (Å²) in [6, 6.07) is 4.01. The lowest BCUT2D eigenvalue weighted by Crippen LogP contribution is -2.31. The third-order valence-electron chi connectivity index (χ3n) is 4.18. The zero-order valence-electron chi connectivity index (χ0n) is 12.5. The highest BCUT2D eigenvalue weighted by Gasteiger charge is 2.24. The van der Waals surface area contributed by atoms with Crippen LogP contribution < -0.4 is 10.6 Å². The van der Waals surface area contributed by atoms with E-state index in [1.165, 1.54) is 19.3 Å². The first-order valence-electron chi connectivity index (χ1n) is 7.48. The van der Waals surface area contributed by atoms with Gasteiger partial charge >= 0.3 is 0 Å². The van der Waals surface area contributed by atoms with Crippen molar-refractivity contribution in [1.82, 2.24) is 15.5 Å². The van der Waals surface area contributed by atoms with Gasteiger partial charge in [0.2, 0.25) is 0 Å². The predicted molar refractivity (Wildman–Crippen MR) is 79.6 cm³/mol. The molecule has 0 bridgehead atoms. The molecule has 1 amide bonds. The van der Waals surface area contributed by atoms with Gasteiger partial charge < -0.3 is 10.6 Å². The van der Waals surface area contributed by atoms with Crippen molar-refractivity contribution in [3.05, 3.63) is 17.8 Å². The molecule has 1 aliphatic carbocycles. The Morgan fingerprint density at radius 3 is 2.65 bits per heavy atom. The summed E-state index contributed by atoms with van der Waals surface area (Å²) >= 11 is 0. The van der Waals surface area contributed by atoms with Crippen molar-refractivity contribution in [3.63, 3.8) is 0 Å². The molecule has 0 spiro atoms. The molecule has 5 heteroatoms. The fraction of sp³-hybridized carbons (Fsp3) is 0.667. The molecule has 3 unspecified atom stereocenters. The van der Waals surface area contributed by atoms with Crippen molar-refractivity contribution < 1.29 is 4.79 Å². The van der Waals surface area contributed by atoms with Crippen LogP contribution in [0, 0.1) is 11.8 Å². The summed E-state index contributed by atoms with van der Waals surface area (Å²) in [6.45, 7) is 7.11. The van der Waals surface area contributed by atoms with Crippen LogP contribution in [0.5, 0.6) is 0 Å². The molecule has 20 heavy (non-hydrogen) atoms. The van der Waals surface area contributed by atoms with E-state index in [1.807, 2.05) is 13.0 Å². The van der Waals surface area contributed by atoms with Crippen LogP contribution in [0.15, 0.2) is 12.1 Å². The van der Waals surface area contributed by atoms with E-state index in [9.17, 15) is 4.79 Å². The van der Waals surface area contributed by atoms with Crippen LogP contribution in [-0.2, 0) is 0 Å². The number of rotatable bonds is 4. The normalized spacial score (nSPS) is 26.1. The Balaban J connectivity index is 1.92. The highest BCUT2D eigenvalue weighted by Crippen LogP contribution is 2.30. The minimum atomic E-state index is -0.174. The minimum absolute atomic E-state index is 0.174. The van der Waals surface area contributed by atoms with E-state index >= 15 is 0 Å². The summed E-state index contributed by atoms with van der Waals surface area (Å²) in [6.07, 6.45) is 3.59. The molecule has 0 aliphatic heterocycles. The van der Waals surface area contributed by atoms with Gasteiger partial charge in [0.05, 0.1) is 0 Å². The number of carbonyl (C=O) groups is 1. The summed E-state index contributed by atoms with van der Waals surface area (Å²) in [7, 11) is 0. The highest BCUT2D eigenvalue weighted by molar-refractivity contribution is 5.92. The lowest BCUT2D eigenvalue weighted by atomic mass is 9.79. The standard InChI is InChI=1S/C15H24N4O/c1-4-16-15(20)13-7-8-14(19-18-13)17-12-6-5-10(2)11(3)9-12/h7-8,10-12H,4-6,9H2,1-3H3,(H,16,20)(H,17,19). The Hall–Kier alpha value is -1.65. The van der Waals surface area contributed by atoms with Gasteiger partial charge in [-0.1, -0.05) is 13.8 Å². The van der Waals surface area contributed by atoms with Crippen LogP contribution in [0.25, 0.3) is 0 Å². The fourth-order valence-electron chi connectivity index (χ4n) is 2.67. The van der Waals surface area contributed by atoms with Gasteiger partial charge in [-0.25, -0.2) is 0 Å². The first-order valence-corrected chi connectivity index (χ1v) is 7.48. The van der Waals surface area contributed by atoms with Crippen LogP contribution in [0.3, 0.4) is 0 Å². The topological polar surface area (TPSA) is 66.9 Å². The van der Waals surface area contributed by atoms with Gasteiger partial charge in [0.25, 0.3) is 5.91 Å². The third-order valence-corrected chi connectivity index (χ3v) is 4.18. The Morgan fingerprint density at radius 1 is 1.25 bits per heavy atom. The van der Waals surface area contributed by atoms with Crippen LogP contribution in [-0.4, -0.2) is 28.7 Å². The molecular formula is C15H24N4O. The second kappa shape index (κ2) is 6.68. The van der Waals surface area contributed by atoms with E-state index in [0.29, 0.717) is 18.3 Å². The van der Waals surface area contributed by atoms with Gasteiger partial charge in [0.15, 0.2) is 5.69 Å². The molecule has 0 radical (unpaired) electrons. The number of aromatic nitrogens is 2. The van der Waals surface area contributed by atoms with Gasteiger partial charge in [-0.05, 0) is 50.2 Å². The van der Waals surface area contributed by atoms with Gasteiger partial charge in [-0.15, -0.1) is 10.2 Å². The number of nitrogens with zero attached hydrogens (tertiary/aromatic N) is 2. The maximum atomic E-state index is 11.6. The van der Waals surface area contributed by atoms with E-state index in [1.54, 1.807) is 6.07 Å². The van der Waals surface area contributed by atoms with Crippen molar-refractivity contribution in [2.45, 2.75) is 46.1 Å². The summed E-state index contributed by atoms with van der Waals surface area (Å²) < 4.78 is 0. The predicted octanol–water partition coefficient (Wildman–Crippen LogP) is 2.46. The van der Waals surface area contributed by atoms with Crippen LogP contribution in [0.1, 0.15) is 50.5 Å². The second-order valence-electron chi connectivity index (χ2n) is 5.77. The van der Waals surface area contributed by atoms with Crippen molar-refractivity contribution in [2.75, 3.05) is 11.9 Å². The van der Waals surface area contributed by atoms with Crippen LogP contribution in [0.4, 0.5) is 5.82 Å². The molecule has 2 rings (SSSR count). The SMILES string of the molecule is CCNC(=O)c1ccc(NC2CCC(C)C(C)C2)nn1. The minimum Gasteiger partial charge on any atom is -0.366 e. The number of hydrogen-bond donors (Lipinski definition) is 2. The zero-order valence-corrected chi connectivity index (χ0v) is 12.5. The molecule has 0 aromatic carbocycles. The Bertz CT molecular complexity index is 446. The van der Waals surface area contributed by atoms with Crippen LogP contribution >= 0.6 is 0 Å². The quantitative estimate of drug-likeness (QED) is 0.886. The third kappa shape index (κ3) is 3.68. The zero-order chi connectivity index (χ0) is 14.5. The summed E-state index contributed by atoms with van der Waals surface area (Å²) in [5.74, 6) is 2.12. The van der Waals surface area contributed by atoms with Crippen molar-refractivity contribution in [3.8, 4) is 0 Å². The summed E-state index contributed by atoms with van der Waals surface area (Å²) in [4.78, 5) is 11.6. The summed E-state index contributed by atoms with van der Waals surface area (Å²) in [5, 5.41) is 14.2. The molecule has 3 atom stereocenters. The van der Waals surface area contributed by atoms with E-state index in [-0.39, 0.29) is 5.91 Å². The number of hydrogen-bond acceptors (Lipinski definition) is 4. The van der Waals surface area contributed by atoms with E-state index < -0.39 is 0 Å². The number of nitrogens with one attached hydrogen (secondary N) is 2. The molecule has 0 saturated heterocycles. The molecule has 1 saturated carbocycles. The molecule has 1 aromatic heterocycles. The Kier molecular flexibility index (Phi) is 4.93. The molecular weight excluding hydrogens is 252 g/mol. The number of carbonyl (C=O) groups excluding carboxylic acids is 1. The number of anilines is 1.